The molecule has 8 heteroatoms. The quantitative estimate of drug-likeness (QED) is 0.181. The van der Waals surface area contributed by atoms with E-state index < -0.39 is 0 Å². The van der Waals surface area contributed by atoms with Crippen LogP contribution < -0.4 is 10.6 Å². The van der Waals surface area contributed by atoms with Crippen molar-refractivity contribution in [2.45, 2.75) is 64.4 Å². The number of ether oxygens (including phenoxy) is 1. The number of carbonyl (C=O) groups excluding carboxylic acids is 1. The van der Waals surface area contributed by atoms with Gasteiger partial charge in [0.25, 0.3) is 0 Å². The van der Waals surface area contributed by atoms with E-state index in [1.54, 1.807) is 18.4 Å². The third-order valence-corrected chi connectivity index (χ3v) is 5.46. The number of thiazole rings is 1. The van der Waals surface area contributed by atoms with Crippen LogP contribution in [0.4, 0.5) is 0 Å². The number of esters is 1. The number of aliphatic imine (C=N–C) groups is 1. The van der Waals surface area contributed by atoms with Gasteiger partial charge in [-0.25, -0.2) is 4.98 Å². The summed E-state index contributed by atoms with van der Waals surface area (Å²) in [7, 11) is 1.75. The third-order valence-electron chi connectivity index (χ3n) is 4.26. The van der Waals surface area contributed by atoms with Gasteiger partial charge in [0.05, 0.1) is 5.01 Å². The second-order valence-electron chi connectivity index (χ2n) is 6.25. The highest BCUT2D eigenvalue weighted by molar-refractivity contribution is 14.0. The second-order valence-corrected chi connectivity index (χ2v) is 7.45. The predicted octanol–water partition coefficient (Wildman–Crippen LogP) is 3.30. The van der Waals surface area contributed by atoms with Crippen molar-refractivity contribution in [3.05, 3.63) is 16.1 Å². The van der Waals surface area contributed by atoms with Crippen LogP contribution in [0.15, 0.2) is 11.2 Å². The molecule has 0 amide bonds. The first-order chi connectivity index (χ1) is 12.2. The van der Waals surface area contributed by atoms with Crippen LogP contribution in [0.2, 0.25) is 0 Å². The number of carbonyl (C=O) groups is 1. The van der Waals surface area contributed by atoms with Gasteiger partial charge in [-0.2, -0.15) is 0 Å². The molecule has 2 rings (SSSR count). The monoisotopic (exact) mass is 494 g/mol. The van der Waals surface area contributed by atoms with E-state index >= 15 is 0 Å². The fourth-order valence-corrected chi connectivity index (χ4v) is 3.69. The van der Waals surface area contributed by atoms with E-state index in [4.69, 9.17) is 4.74 Å². The van der Waals surface area contributed by atoms with Gasteiger partial charge in [0.2, 0.25) is 0 Å². The number of hydrogen-bond donors (Lipinski definition) is 2. The molecule has 26 heavy (non-hydrogen) atoms. The lowest BCUT2D eigenvalue weighted by Gasteiger charge is -2.13. The summed E-state index contributed by atoms with van der Waals surface area (Å²) in [5.74, 6) is 0.684. The highest BCUT2D eigenvalue weighted by atomic mass is 127. The molecule has 0 atom stereocenters. The van der Waals surface area contributed by atoms with Gasteiger partial charge in [0, 0.05) is 44.1 Å². The van der Waals surface area contributed by atoms with Crippen LogP contribution in [0, 0.1) is 0 Å². The SMILES string of the molecule is CCc1cnc(CCNC(=NC)NCCCC(=O)OC2CCCC2)s1.I. The first-order valence-corrected chi connectivity index (χ1v) is 10.1. The number of hydrogen-bond acceptors (Lipinski definition) is 5. The predicted molar refractivity (Wildman–Crippen MR) is 118 cm³/mol. The van der Waals surface area contributed by atoms with Gasteiger partial charge in [0.15, 0.2) is 5.96 Å². The van der Waals surface area contributed by atoms with E-state index in [0.717, 1.165) is 49.6 Å². The smallest absolute Gasteiger partial charge is 0.306 e. The van der Waals surface area contributed by atoms with Crippen LogP contribution >= 0.6 is 35.3 Å². The van der Waals surface area contributed by atoms with Crippen molar-refractivity contribution in [3.63, 3.8) is 0 Å². The normalized spacial score (nSPS) is 14.8. The Bertz CT molecular complexity index is 559. The molecule has 0 unspecified atom stereocenters. The van der Waals surface area contributed by atoms with Crippen LogP contribution in [-0.2, 0) is 22.4 Å². The first-order valence-electron chi connectivity index (χ1n) is 9.28. The molecule has 1 aliphatic carbocycles. The number of rotatable bonds is 9. The molecule has 0 bridgehead atoms. The maximum atomic E-state index is 11.8. The molecule has 0 aliphatic heterocycles. The molecule has 148 valence electrons. The molecule has 0 saturated heterocycles. The minimum atomic E-state index is -0.0767. The number of nitrogens with zero attached hydrogens (tertiary/aromatic N) is 2. The van der Waals surface area contributed by atoms with Crippen LogP contribution in [0.3, 0.4) is 0 Å². The van der Waals surface area contributed by atoms with E-state index in [9.17, 15) is 4.79 Å². The molecular formula is C18H31IN4O2S. The van der Waals surface area contributed by atoms with Crippen LogP contribution in [0.1, 0.15) is 55.3 Å². The number of nitrogens with one attached hydrogen (secondary N) is 2. The zero-order chi connectivity index (χ0) is 17.9. The zero-order valence-electron chi connectivity index (χ0n) is 15.8. The summed E-state index contributed by atoms with van der Waals surface area (Å²) in [6, 6.07) is 0. The van der Waals surface area contributed by atoms with Gasteiger partial charge in [-0.15, -0.1) is 35.3 Å². The van der Waals surface area contributed by atoms with Crippen molar-refractivity contribution in [1.29, 1.82) is 0 Å². The Morgan fingerprint density at radius 2 is 2.08 bits per heavy atom. The summed E-state index contributed by atoms with van der Waals surface area (Å²) in [6.07, 6.45) is 9.67. The lowest BCUT2D eigenvalue weighted by Crippen LogP contribution is -2.38. The Hall–Kier alpha value is -0.900. The van der Waals surface area contributed by atoms with E-state index in [-0.39, 0.29) is 36.0 Å². The summed E-state index contributed by atoms with van der Waals surface area (Å²) < 4.78 is 5.45. The van der Waals surface area contributed by atoms with Gasteiger partial charge >= 0.3 is 5.97 Å². The molecule has 1 saturated carbocycles. The highest BCUT2D eigenvalue weighted by Gasteiger charge is 2.18. The van der Waals surface area contributed by atoms with E-state index in [1.807, 2.05) is 6.20 Å². The minimum absolute atomic E-state index is 0. The molecule has 1 aromatic heterocycles. The van der Waals surface area contributed by atoms with Crippen molar-refractivity contribution >= 4 is 47.2 Å². The topological polar surface area (TPSA) is 75.6 Å². The van der Waals surface area contributed by atoms with Crippen molar-refractivity contribution in [2.24, 2.45) is 4.99 Å². The number of halogens is 1. The summed E-state index contributed by atoms with van der Waals surface area (Å²) in [6.45, 7) is 3.64. The van der Waals surface area contributed by atoms with Crippen LogP contribution in [-0.4, -0.2) is 43.2 Å². The summed E-state index contributed by atoms with van der Waals surface area (Å²) in [5, 5.41) is 7.66. The number of aryl methyl sites for hydroxylation is 1. The molecule has 1 heterocycles. The first kappa shape index (κ1) is 23.1. The maximum Gasteiger partial charge on any atom is 0.306 e. The number of guanidine groups is 1. The number of aromatic nitrogens is 1. The Morgan fingerprint density at radius 1 is 1.35 bits per heavy atom. The molecule has 2 N–H and O–H groups in total. The van der Waals surface area contributed by atoms with Crippen molar-refractivity contribution in [2.75, 3.05) is 20.1 Å². The Balaban J connectivity index is 0.00000338. The molecule has 0 spiro atoms. The average Bonchev–Trinajstić information content (AvgIpc) is 3.28. The fraction of sp³-hybridized carbons (Fsp3) is 0.722. The van der Waals surface area contributed by atoms with E-state index in [2.05, 4.69) is 27.5 Å². The van der Waals surface area contributed by atoms with E-state index in [0.29, 0.717) is 13.0 Å². The molecule has 1 aliphatic rings. The Kier molecular flexibility index (Phi) is 11.8. The molecule has 6 nitrogen and oxygen atoms in total. The third kappa shape index (κ3) is 8.66. The van der Waals surface area contributed by atoms with Crippen molar-refractivity contribution in [1.82, 2.24) is 15.6 Å². The largest absolute Gasteiger partial charge is 0.462 e. The lowest BCUT2D eigenvalue weighted by atomic mass is 10.3. The average molecular weight is 494 g/mol. The molecule has 0 radical (unpaired) electrons. The van der Waals surface area contributed by atoms with Crippen molar-refractivity contribution in [3.8, 4) is 0 Å². The van der Waals surface area contributed by atoms with Gasteiger partial charge in [-0.1, -0.05) is 6.92 Å². The van der Waals surface area contributed by atoms with Crippen LogP contribution in [0.25, 0.3) is 0 Å². The molecular weight excluding hydrogens is 463 g/mol. The van der Waals surface area contributed by atoms with E-state index in [1.165, 1.54) is 17.7 Å². The molecule has 1 aromatic rings. The zero-order valence-corrected chi connectivity index (χ0v) is 18.9. The van der Waals surface area contributed by atoms with Gasteiger partial charge in [-0.05, 0) is 38.5 Å². The second kappa shape index (κ2) is 13.3. The summed E-state index contributed by atoms with van der Waals surface area (Å²) in [5.41, 5.74) is 0. The highest BCUT2D eigenvalue weighted by Crippen LogP contribution is 2.21. The lowest BCUT2D eigenvalue weighted by molar-refractivity contribution is -0.148. The molecule has 0 aromatic carbocycles. The Morgan fingerprint density at radius 3 is 2.73 bits per heavy atom. The summed E-state index contributed by atoms with van der Waals surface area (Å²) in [4.78, 5) is 21.7. The van der Waals surface area contributed by atoms with Gasteiger partial charge in [0.1, 0.15) is 6.10 Å². The van der Waals surface area contributed by atoms with Crippen molar-refractivity contribution < 1.29 is 9.53 Å². The Labute approximate surface area is 177 Å². The maximum absolute atomic E-state index is 11.8. The van der Waals surface area contributed by atoms with Gasteiger partial charge in [-0.3, -0.25) is 9.79 Å². The minimum Gasteiger partial charge on any atom is -0.462 e. The van der Waals surface area contributed by atoms with Crippen LogP contribution in [0.5, 0.6) is 0 Å². The standard InChI is InChI=1S/C18H30N4O2S.HI/c1-3-15-13-22-16(25-15)10-12-21-18(19-2)20-11-6-9-17(23)24-14-7-4-5-8-14;/h13-14H,3-12H2,1-2H3,(H2,19,20,21);1H. The summed E-state index contributed by atoms with van der Waals surface area (Å²) >= 11 is 1.77. The molecule has 1 fully saturated rings. The fourth-order valence-electron chi connectivity index (χ4n) is 2.83. The van der Waals surface area contributed by atoms with Gasteiger partial charge < -0.3 is 15.4 Å².